The summed E-state index contributed by atoms with van der Waals surface area (Å²) in [7, 11) is 0. The number of nitrogens with zero attached hydrogens (tertiary/aromatic N) is 1. The second-order valence-electron chi connectivity index (χ2n) is 6.69. The van der Waals surface area contributed by atoms with Crippen LogP contribution in [0.15, 0.2) is 47.4 Å². The van der Waals surface area contributed by atoms with Crippen LogP contribution in [-0.4, -0.2) is 21.6 Å². The zero-order valence-corrected chi connectivity index (χ0v) is 14.6. The van der Waals surface area contributed by atoms with Crippen LogP contribution < -0.4 is 10.9 Å². The predicted molar refractivity (Wildman–Crippen MR) is 94.5 cm³/mol. The van der Waals surface area contributed by atoms with Gasteiger partial charge in [0.05, 0.1) is 11.0 Å². The Bertz CT molecular complexity index is 835. The normalized spacial score (nSPS) is 11.2. The van der Waals surface area contributed by atoms with Crippen molar-refractivity contribution < 1.29 is 14.7 Å². The minimum absolute atomic E-state index is 0.104. The van der Waals surface area contributed by atoms with Crippen LogP contribution in [0.2, 0.25) is 0 Å². The van der Waals surface area contributed by atoms with E-state index in [0.29, 0.717) is 12.1 Å². The van der Waals surface area contributed by atoms with Crippen LogP contribution in [0.5, 0.6) is 0 Å². The number of aryl methyl sites for hydroxylation is 1. The molecule has 1 amide bonds. The highest BCUT2D eigenvalue weighted by Gasteiger charge is 2.28. The molecule has 0 aliphatic heterocycles. The molecule has 0 atom stereocenters. The summed E-state index contributed by atoms with van der Waals surface area (Å²) in [6.07, 6.45) is 1.68. The number of aromatic nitrogens is 1. The van der Waals surface area contributed by atoms with Gasteiger partial charge in [-0.2, -0.15) is 0 Å². The molecule has 0 aliphatic rings. The Hall–Kier alpha value is -2.89. The highest BCUT2D eigenvalue weighted by atomic mass is 16.4. The van der Waals surface area contributed by atoms with Gasteiger partial charge in [-0.15, -0.1) is 0 Å². The van der Waals surface area contributed by atoms with Gasteiger partial charge in [0, 0.05) is 24.8 Å². The molecule has 0 unspecified atom stereocenters. The number of hydrogen-bond acceptors (Lipinski definition) is 3. The van der Waals surface area contributed by atoms with Crippen molar-refractivity contribution in [2.45, 2.75) is 33.9 Å². The number of amides is 1. The molecule has 6 heteroatoms. The molecule has 6 nitrogen and oxygen atoms in total. The lowest BCUT2D eigenvalue weighted by molar-refractivity contribution is -0.130. The molecule has 1 heterocycles. The minimum atomic E-state index is -0.986. The molecule has 2 N–H and O–H groups in total. The molecule has 0 radical (unpaired) electrons. The number of hydrogen-bond donors (Lipinski definition) is 2. The van der Waals surface area contributed by atoms with Gasteiger partial charge in [-0.05, 0) is 44.5 Å². The number of nitrogens with one attached hydrogen (secondary N) is 1. The molecule has 132 valence electrons. The summed E-state index contributed by atoms with van der Waals surface area (Å²) in [5, 5.41) is 11.7. The van der Waals surface area contributed by atoms with Gasteiger partial charge in [0.1, 0.15) is 0 Å². The summed E-state index contributed by atoms with van der Waals surface area (Å²) in [4.78, 5) is 35.4. The van der Waals surface area contributed by atoms with Gasteiger partial charge < -0.3 is 15.0 Å². The van der Waals surface area contributed by atoms with Crippen LogP contribution in [0, 0.1) is 12.3 Å². The second-order valence-corrected chi connectivity index (χ2v) is 6.69. The maximum atomic E-state index is 12.5. The molecular formula is C19H22N2O4. The number of aromatic carboxylic acids is 1. The number of pyridine rings is 1. The Labute approximate surface area is 146 Å². The quantitative estimate of drug-likeness (QED) is 0.842. The number of benzene rings is 1. The number of carboxylic acid groups (broad SMARTS) is 1. The third-order valence-electron chi connectivity index (χ3n) is 4.04. The molecule has 25 heavy (non-hydrogen) atoms. The predicted octanol–water partition coefficient (Wildman–Crippen LogP) is 2.20. The second kappa shape index (κ2) is 7.34. The van der Waals surface area contributed by atoms with Crippen LogP contribution >= 0.6 is 0 Å². The van der Waals surface area contributed by atoms with Gasteiger partial charge in [0.15, 0.2) is 0 Å². The monoisotopic (exact) mass is 342 g/mol. The molecule has 1 aromatic heterocycles. The maximum Gasteiger partial charge on any atom is 0.335 e. The average Bonchev–Trinajstić information content (AvgIpc) is 2.57. The zero-order valence-electron chi connectivity index (χ0n) is 14.6. The lowest BCUT2D eigenvalue weighted by Crippen LogP contribution is -2.41. The lowest BCUT2D eigenvalue weighted by atomic mass is 9.92. The summed E-state index contributed by atoms with van der Waals surface area (Å²) in [5.74, 6) is -1.16. The van der Waals surface area contributed by atoms with Crippen molar-refractivity contribution in [3.8, 4) is 0 Å². The highest BCUT2D eigenvalue weighted by Crippen LogP contribution is 2.18. The standard InChI is InChI=1S/C19H22N2O4/c1-13-5-4-10-21(16(13)22)12-19(2,3)18(25)20-11-14-6-8-15(9-7-14)17(23)24/h4-10H,11-12H2,1-3H3,(H,20,25)(H,23,24). The van der Waals surface area contributed by atoms with Gasteiger partial charge in [-0.1, -0.05) is 18.2 Å². The first-order valence-corrected chi connectivity index (χ1v) is 7.97. The summed E-state index contributed by atoms with van der Waals surface area (Å²) >= 11 is 0. The van der Waals surface area contributed by atoms with Crippen LogP contribution in [0.25, 0.3) is 0 Å². The molecule has 2 rings (SSSR count). The average molecular weight is 342 g/mol. The molecule has 0 bridgehead atoms. The first-order valence-electron chi connectivity index (χ1n) is 7.97. The Morgan fingerprint density at radius 1 is 1.16 bits per heavy atom. The number of rotatable bonds is 6. The van der Waals surface area contributed by atoms with Crippen molar-refractivity contribution in [1.82, 2.24) is 9.88 Å². The Balaban J connectivity index is 2.02. The summed E-state index contributed by atoms with van der Waals surface area (Å²) in [5.41, 5.74) is 0.777. The number of carboxylic acids is 1. The Kier molecular flexibility index (Phi) is 5.41. The van der Waals surface area contributed by atoms with Crippen LogP contribution in [0.4, 0.5) is 0 Å². The Morgan fingerprint density at radius 2 is 1.80 bits per heavy atom. The van der Waals surface area contributed by atoms with Crippen LogP contribution in [0.1, 0.15) is 35.3 Å². The van der Waals surface area contributed by atoms with Crippen LogP contribution in [0.3, 0.4) is 0 Å². The van der Waals surface area contributed by atoms with Gasteiger partial charge >= 0.3 is 5.97 Å². The minimum Gasteiger partial charge on any atom is -0.478 e. The topological polar surface area (TPSA) is 88.4 Å². The smallest absolute Gasteiger partial charge is 0.335 e. The van der Waals surface area contributed by atoms with E-state index in [2.05, 4.69) is 5.32 Å². The highest BCUT2D eigenvalue weighted by molar-refractivity contribution is 5.87. The van der Waals surface area contributed by atoms with E-state index in [-0.39, 0.29) is 23.6 Å². The molecule has 0 spiro atoms. The van der Waals surface area contributed by atoms with Gasteiger partial charge in [0.25, 0.3) is 5.56 Å². The van der Waals surface area contributed by atoms with E-state index in [0.717, 1.165) is 5.56 Å². The van der Waals surface area contributed by atoms with E-state index >= 15 is 0 Å². The fourth-order valence-electron chi connectivity index (χ4n) is 2.47. The first-order chi connectivity index (χ1) is 11.7. The maximum absolute atomic E-state index is 12.5. The molecule has 0 aliphatic carbocycles. The molecular weight excluding hydrogens is 320 g/mol. The van der Waals surface area contributed by atoms with E-state index in [4.69, 9.17) is 5.11 Å². The fourth-order valence-corrected chi connectivity index (χ4v) is 2.47. The zero-order chi connectivity index (χ0) is 18.6. The molecule has 0 saturated heterocycles. The third kappa shape index (κ3) is 4.56. The van der Waals surface area contributed by atoms with Gasteiger partial charge in [-0.25, -0.2) is 4.79 Å². The Morgan fingerprint density at radius 3 is 2.40 bits per heavy atom. The van der Waals surface area contributed by atoms with Crippen molar-refractivity contribution in [2.75, 3.05) is 0 Å². The molecule has 0 fully saturated rings. The first kappa shape index (κ1) is 18.4. The van der Waals surface area contributed by atoms with Crippen molar-refractivity contribution in [3.05, 3.63) is 69.6 Å². The summed E-state index contributed by atoms with van der Waals surface area (Å²) < 4.78 is 1.54. The molecule has 2 aromatic rings. The molecule has 1 aromatic carbocycles. The van der Waals surface area contributed by atoms with E-state index < -0.39 is 11.4 Å². The lowest BCUT2D eigenvalue weighted by Gasteiger charge is -2.24. The van der Waals surface area contributed by atoms with E-state index in [1.54, 1.807) is 51.2 Å². The van der Waals surface area contributed by atoms with Crippen molar-refractivity contribution in [2.24, 2.45) is 5.41 Å². The largest absolute Gasteiger partial charge is 0.478 e. The van der Waals surface area contributed by atoms with E-state index in [1.807, 2.05) is 0 Å². The van der Waals surface area contributed by atoms with Gasteiger partial charge in [-0.3, -0.25) is 9.59 Å². The van der Waals surface area contributed by atoms with Crippen LogP contribution in [-0.2, 0) is 17.9 Å². The van der Waals surface area contributed by atoms with Crippen molar-refractivity contribution in [3.63, 3.8) is 0 Å². The molecule has 0 saturated carbocycles. The fraction of sp³-hybridized carbons (Fsp3) is 0.316. The van der Waals surface area contributed by atoms with E-state index in [1.165, 1.54) is 16.7 Å². The van der Waals surface area contributed by atoms with Crippen molar-refractivity contribution >= 4 is 11.9 Å². The summed E-state index contributed by atoms with van der Waals surface area (Å²) in [6, 6.07) is 9.87. The SMILES string of the molecule is Cc1cccn(CC(C)(C)C(=O)NCc2ccc(C(=O)O)cc2)c1=O. The van der Waals surface area contributed by atoms with Crippen molar-refractivity contribution in [1.29, 1.82) is 0 Å². The number of carbonyl (C=O) groups is 2. The number of carbonyl (C=O) groups excluding carboxylic acids is 1. The van der Waals surface area contributed by atoms with Gasteiger partial charge in [0.2, 0.25) is 5.91 Å². The summed E-state index contributed by atoms with van der Waals surface area (Å²) in [6.45, 7) is 5.88. The third-order valence-corrected chi connectivity index (χ3v) is 4.04. The van der Waals surface area contributed by atoms with E-state index in [9.17, 15) is 14.4 Å².